The predicted octanol–water partition coefficient (Wildman–Crippen LogP) is 4.82. The molecule has 0 aliphatic heterocycles. The molecule has 4 bridgehead atoms. The van der Waals surface area contributed by atoms with E-state index >= 15 is 0 Å². The van der Waals surface area contributed by atoms with Gasteiger partial charge in [-0.25, -0.2) is 4.79 Å². The minimum absolute atomic E-state index is 0.0238. The van der Waals surface area contributed by atoms with Gasteiger partial charge in [-0.3, -0.25) is 4.79 Å². The van der Waals surface area contributed by atoms with E-state index in [0.717, 1.165) is 49.9 Å². The molecule has 4 fully saturated rings. The molecule has 0 N–H and O–H groups in total. The fraction of sp³-hybridized carbons (Fsp3) is 0.727. The number of Topliss-reactive ketones (excluding diaryl/α,β-unsaturated/α-hetero) is 1. The maximum Gasteiger partial charge on any atom is 0.348 e. The first-order valence-electron chi connectivity index (χ1n) is 10.3. The molecular weight excluding hydrogens is 344 g/mol. The van der Waals surface area contributed by atoms with Gasteiger partial charge in [-0.1, -0.05) is 6.92 Å². The van der Waals surface area contributed by atoms with E-state index in [-0.39, 0.29) is 23.8 Å². The van der Waals surface area contributed by atoms with Crippen LogP contribution in [0.1, 0.15) is 72.0 Å². The number of esters is 1. The van der Waals surface area contributed by atoms with Gasteiger partial charge in [0.15, 0.2) is 12.4 Å². The summed E-state index contributed by atoms with van der Waals surface area (Å²) in [5, 5.41) is 0. The van der Waals surface area contributed by atoms with Crippen LogP contribution in [0.2, 0.25) is 0 Å². The van der Waals surface area contributed by atoms with Gasteiger partial charge in [-0.2, -0.15) is 0 Å². The summed E-state index contributed by atoms with van der Waals surface area (Å²) < 4.78 is 5.51. The molecule has 0 radical (unpaired) electrons. The van der Waals surface area contributed by atoms with Crippen molar-refractivity contribution in [3.05, 3.63) is 21.4 Å². The molecule has 0 spiro atoms. The minimum Gasteiger partial charge on any atom is -0.453 e. The van der Waals surface area contributed by atoms with Crippen molar-refractivity contribution in [3.8, 4) is 0 Å². The van der Waals surface area contributed by atoms with E-state index in [1.165, 1.54) is 36.1 Å². The van der Waals surface area contributed by atoms with E-state index in [2.05, 4.69) is 6.92 Å². The largest absolute Gasteiger partial charge is 0.453 e. The van der Waals surface area contributed by atoms with Gasteiger partial charge < -0.3 is 4.74 Å². The number of hydrogen-bond acceptors (Lipinski definition) is 4. The maximum absolute atomic E-state index is 13.0. The molecule has 0 aromatic carbocycles. The Morgan fingerprint density at radius 1 is 1.15 bits per heavy atom. The zero-order valence-electron chi connectivity index (χ0n) is 15.6. The lowest BCUT2D eigenvalue weighted by molar-refractivity contribution is -0.147. The number of thiophene rings is 1. The minimum atomic E-state index is -0.296. The third kappa shape index (κ3) is 2.85. The average molecular weight is 373 g/mol. The molecule has 6 rings (SSSR count). The Hall–Kier alpha value is -1.16. The van der Waals surface area contributed by atoms with Crippen LogP contribution in [-0.4, -0.2) is 18.4 Å². The monoisotopic (exact) mass is 372 g/mol. The summed E-state index contributed by atoms with van der Waals surface area (Å²) >= 11 is 1.57. The van der Waals surface area contributed by atoms with Gasteiger partial charge in [0.05, 0.1) is 0 Å². The lowest BCUT2D eigenvalue weighted by atomic mass is 9.48. The Morgan fingerprint density at radius 3 is 2.46 bits per heavy atom. The highest BCUT2D eigenvalue weighted by atomic mass is 32.1. The molecule has 4 heteroatoms. The van der Waals surface area contributed by atoms with Crippen LogP contribution < -0.4 is 0 Å². The fourth-order valence-corrected chi connectivity index (χ4v) is 7.72. The van der Waals surface area contributed by atoms with E-state index in [1.807, 2.05) is 6.07 Å². The molecule has 1 aromatic heterocycles. The number of carbonyl (C=O) groups excluding carboxylic acids is 2. The van der Waals surface area contributed by atoms with Crippen LogP contribution in [0.15, 0.2) is 6.07 Å². The van der Waals surface area contributed by atoms with Crippen LogP contribution in [0.25, 0.3) is 0 Å². The molecule has 26 heavy (non-hydrogen) atoms. The molecular formula is C22H28O3S. The summed E-state index contributed by atoms with van der Waals surface area (Å²) in [6.45, 7) is 2.24. The van der Waals surface area contributed by atoms with Gasteiger partial charge >= 0.3 is 5.97 Å². The summed E-state index contributed by atoms with van der Waals surface area (Å²) in [6.07, 6.45) is 10.4. The standard InChI is InChI=1S/C22H28O3S/c1-13-2-3-18-17(4-13)8-19(26-18)21(24)25-12-20(23)22-9-14-5-15(10-22)7-16(6-14)11-22/h8,13-16H,2-7,9-12H2,1H3/t13-,14?,15?,16?,22?/m0/s1. The van der Waals surface area contributed by atoms with Crippen molar-refractivity contribution in [1.82, 2.24) is 0 Å². The van der Waals surface area contributed by atoms with Crippen LogP contribution in [-0.2, 0) is 22.4 Å². The molecule has 0 amide bonds. The molecule has 4 saturated carbocycles. The molecule has 5 aliphatic rings. The number of aryl methyl sites for hydroxylation is 1. The second-order valence-corrected chi connectivity index (χ2v) is 10.7. The Kier molecular flexibility index (Phi) is 4.04. The first-order chi connectivity index (χ1) is 12.5. The van der Waals surface area contributed by atoms with Crippen molar-refractivity contribution in [1.29, 1.82) is 0 Å². The van der Waals surface area contributed by atoms with E-state index < -0.39 is 0 Å². The summed E-state index contributed by atoms with van der Waals surface area (Å²) in [7, 11) is 0. The predicted molar refractivity (Wildman–Crippen MR) is 101 cm³/mol. The van der Waals surface area contributed by atoms with Gasteiger partial charge in [-0.05, 0) is 93.1 Å². The highest BCUT2D eigenvalue weighted by molar-refractivity contribution is 7.14. The lowest BCUT2D eigenvalue weighted by Gasteiger charge is -2.55. The van der Waals surface area contributed by atoms with E-state index in [4.69, 9.17) is 4.74 Å². The van der Waals surface area contributed by atoms with Crippen LogP contribution >= 0.6 is 11.3 Å². The summed E-state index contributed by atoms with van der Waals surface area (Å²) in [4.78, 5) is 27.5. The Bertz CT molecular complexity index is 711. The molecule has 1 atom stereocenters. The summed E-state index contributed by atoms with van der Waals surface area (Å²) in [6, 6.07) is 2.01. The van der Waals surface area contributed by atoms with Crippen LogP contribution in [0.3, 0.4) is 0 Å². The van der Waals surface area contributed by atoms with Gasteiger partial charge in [0.25, 0.3) is 0 Å². The summed E-state index contributed by atoms with van der Waals surface area (Å²) in [5.41, 5.74) is 1.15. The first kappa shape index (κ1) is 17.0. The number of hydrogen-bond donors (Lipinski definition) is 0. The van der Waals surface area contributed by atoms with E-state index in [0.29, 0.717) is 10.8 Å². The molecule has 3 nitrogen and oxygen atoms in total. The molecule has 0 saturated heterocycles. The van der Waals surface area contributed by atoms with Gasteiger partial charge in [0, 0.05) is 10.3 Å². The highest BCUT2D eigenvalue weighted by Gasteiger charge is 2.54. The third-order valence-electron chi connectivity index (χ3n) is 7.49. The highest BCUT2D eigenvalue weighted by Crippen LogP contribution is 2.60. The Labute approximate surface area is 159 Å². The van der Waals surface area contributed by atoms with E-state index in [9.17, 15) is 9.59 Å². The Balaban J connectivity index is 1.24. The quantitative estimate of drug-likeness (QED) is 0.712. The zero-order valence-corrected chi connectivity index (χ0v) is 16.4. The average Bonchev–Trinajstić information content (AvgIpc) is 3.01. The van der Waals surface area contributed by atoms with E-state index in [1.54, 1.807) is 11.3 Å². The van der Waals surface area contributed by atoms with Crippen molar-refractivity contribution in [2.24, 2.45) is 29.1 Å². The van der Waals surface area contributed by atoms with Crippen molar-refractivity contribution < 1.29 is 14.3 Å². The second-order valence-electron chi connectivity index (χ2n) is 9.60. The topological polar surface area (TPSA) is 43.4 Å². The van der Waals surface area contributed by atoms with Crippen LogP contribution in [0, 0.1) is 29.1 Å². The maximum atomic E-state index is 13.0. The van der Waals surface area contributed by atoms with Crippen molar-refractivity contribution in [2.45, 2.75) is 64.7 Å². The summed E-state index contributed by atoms with van der Waals surface area (Å²) in [5.74, 6) is 2.82. The number of fused-ring (bicyclic) bond motifs is 1. The second kappa shape index (κ2) is 6.19. The molecule has 1 heterocycles. The van der Waals surface area contributed by atoms with Crippen LogP contribution in [0.4, 0.5) is 0 Å². The zero-order chi connectivity index (χ0) is 17.9. The number of rotatable bonds is 4. The van der Waals surface area contributed by atoms with Gasteiger partial charge in [0.2, 0.25) is 0 Å². The fourth-order valence-electron chi connectivity index (χ4n) is 6.61. The van der Waals surface area contributed by atoms with Gasteiger partial charge in [-0.15, -0.1) is 11.3 Å². The molecule has 1 aromatic rings. The number of ether oxygens (including phenoxy) is 1. The lowest BCUT2D eigenvalue weighted by Crippen LogP contribution is -2.51. The number of carbonyl (C=O) groups is 2. The van der Waals surface area contributed by atoms with Crippen molar-refractivity contribution >= 4 is 23.1 Å². The SMILES string of the molecule is C[C@H]1CCc2sc(C(=O)OCC(=O)C34CC5CC(CC(C5)C3)C4)cc2C1. The van der Waals surface area contributed by atoms with Crippen molar-refractivity contribution in [2.75, 3.05) is 6.61 Å². The molecule has 140 valence electrons. The normalized spacial score (nSPS) is 37.4. The van der Waals surface area contributed by atoms with Crippen LogP contribution in [0.5, 0.6) is 0 Å². The first-order valence-corrected chi connectivity index (χ1v) is 11.1. The smallest absolute Gasteiger partial charge is 0.348 e. The molecule has 5 aliphatic carbocycles. The molecule has 0 unspecified atom stereocenters. The van der Waals surface area contributed by atoms with Gasteiger partial charge in [0.1, 0.15) is 4.88 Å². The Morgan fingerprint density at radius 2 is 1.81 bits per heavy atom. The van der Waals surface area contributed by atoms with Crippen molar-refractivity contribution in [3.63, 3.8) is 0 Å². The number of ketones is 1. The third-order valence-corrected chi connectivity index (χ3v) is 8.71.